The standard InChI is InChI=1S/C15H16N2O3/c1-15(2)13(19)12(17-9-4-3-7-11(17)18)10-6-5-8-16-14(10)20-15/h3-9,12-13,19H,1-2H3/t12-,13+/m0/s1. The molecular weight excluding hydrogens is 256 g/mol. The van der Waals surface area contributed by atoms with Gasteiger partial charge in [0.1, 0.15) is 11.7 Å². The largest absolute Gasteiger partial charge is 0.469 e. The van der Waals surface area contributed by atoms with Crippen molar-refractivity contribution in [3.8, 4) is 5.88 Å². The van der Waals surface area contributed by atoms with E-state index in [9.17, 15) is 9.90 Å². The molecule has 1 aliphatic heterocycles. The lowest BCUT2D eigenvalue weighted by Gasteiger charge is -2.41. The van der Waals surface area contributed by atoms with Crippen LogP contribution in [0.5, 0.6) is 5.88 Å². The highest BCUT2D eigenvalue weighted by Crippen LogP contribution is 2.39. The normalized spacial score (nSPS) is 23.8. The van der Waals surface area contributed by atoms with Gasteiger partial charge in [-0.15, -0.1) is 0 Å². The topological polar surface area (TPSA) is 64.4 Å². The molecule has 20 heavy (non-hydrogen) atoms. The third-order valence-corrected chi connectivity index (χ3v) is 3.64. The van der Waals surface area contributed by atoms with E-state index in [2.05, 4.69) is 4.98 Å². The van der Waals surface area contributed by atoms with E-state index in [4.69, 9.17) is 4.74 Å². The van der Waals surface area contributed by atoms with Gasteiger partial charge in [0.05, 0.1) is 6.04 Å². The van der Waals surface area contributed by atoms with Crippen LogP contribution in [0, 0.1) is 0 Å². The summed E-state index contributed by atoms with van der Waals surface area (Å²) in [4.78, 5) is 16.3. The van der Waals surface area contributed by atoms with Gasteiger partial charge >= 0.3 is 0 Å². The molecule has 0 unspecified atom stereocenters. The minimum Gasteiger partial charge on any atom is -0.469 e. The second kappa shape index (κ2) is 4.45. The number of hydrogen-bond donors (Lipinski definition) is 1. The van der Waals surface area contributed by atoms with Crippen LogP contribution in [0.4, 0.5) is 0 Å². The summed E-state index contributed by atoms with van der Waals surface area (Å²) in [7, 11) is 0. The number of rotatable bonds is 1. The van der Waals surface area contributed by atoms with Gasteiger partial charge in [-0.2, -0.15) is 0 Å². The predicted octanol–water partition coefficient (Wildman–Crippen LogP) is 1.36. The third kappa shape index (κ3) is 1.91. The maximum atomic E-state index is 12.1. The van der Waals surface area contributed by atoms with Crippen LogP contribution in [0.2, 0.25) is 0 Å². The first-order valence-corrected chi connectivity index (χ1v) is 6.50. The van der Waals surface area contributed by atoms with Crippen molar-refractivity contribution in [2.24, 2.45) is 0 Å². The van der Waals surface area contributed by atoms with Gasteiger partial charge in [0, 0.05) is 24.0 Å². The van der Waals surface area contributed by atoms with Gasteiger partial charge in [0.25, 0.3) is 5.56 Å². The maximum Gasteiger partial charge on any atom is 0.251 e. The molecule has 0 amide bonds. The first-order chi connectivity index (χ1) is 9.50. The van der Waals surface area contributed by atoms with Gasteiger partial charge in [-0.25, -0.2) is 4.98 Å². The number of pyridine rings is 2. The molecule has 0 aliphatic carbocycles. The summed E-state index contributed by atoms with van der Waals surface area (Å²) in [6.07, 6.45) is 2.46. The van der Waals surface area contributed by atoms with Gasteiger partial charge in [0.2, 0.25) is 5.88 Å². The Kier molecular flexibility index (Phi) is 2.87. The Bertz CT molecular complexity index is 693. The predicted molar refractivity (Wildman–Crippen MR) is 73.8 cm³/mol. The molecular formula is C15H16N2O3. The first kappa shape index (κ1) is 12.9. The Morgan fingerprint density at radius 2 is 2.10 bits per heavy atom. The van der Waals surface area contributed by atoms with E-state index in [0.29, 0.717) is 11.4 Å². The molecule has 1 aliphatic rings. The molecule has 1 N–H and O–H groups in total. The van der Waals surface area contributed by atoms with Crippen molar-refractivity contribution in [3.05, 3.63) is 58.6 Å². The molecule has 0 saturated heterocycles. The Labute approximate surface area is 116 Å². The Morgan fingerprint density at radius 3 is 2.85 bits per heavy atom. The molecule has 5 heteroatoms. The quantitative estimate of drug-likeness (QED) is 0.851. The molecule has 0 fully saturated rings. The molecule has 5 nitrogen and oxygen atoms in total. The SMILES string of the molecule is CC1(C)Oc2ncccc2[C@H](n2ccccc2=O)[C@H]1O. The number of aliphatic hydroxyl groups excluding tert-OH is 1. The second-order valence-electron chi connectivity index (χ2n) is 5.44. The number of ether oxygens (including phenoxy) is 1. The van der Waals surface area contributed by atoms with Crippen LogP contribution in [0.1, 0.15) is 25.5 Å². The summed E-state index contributed by atoms with van der Waals surface area (Å²) in [6.45, 7) is 3.58. The van der Waals surface area contributed by atoms with Crippen molar-refractivity contribution >= 4 is 0 Å². The molecule has 3 rings (SSSR count). The summed E-state index contributed by atoms with van der Waals surface area (Å²) < 4.78 is 7.27. The van der Waals surface area contributed by atoms with Crippen LogP contribution in [0.3, 0.4) is 0 Å². The fourth-order valence-electron chi connectivity index (χ4n) is 2.55. The molecule has 104 valence electrons. The van der Waals surface area contributed by atoms with Crippen molar-refractivity contribution < 1.29 is 9.84 Å². The lowest BCUT2D eigenvalue weighted by atomic mass is 9.87. The van der Waals surface area contributed by atoms with E-state index >= 15 is 0 Å². The Balaban J connectivity index is 2.23. The molecule has 0 saturated carbocycles. The Hall–Kier alpha value is -2.14. The molecule has 0 bridgehead atoms. The van der Waals surface area contributed by atoms with Crippen molar-refractivity contribution in [1.29, 1.82) is 0 Å². The van der Waals surface area contributed by atoms with Gasteiger partial charge in [-0.05, 0) is 32.0 Å². The number of hydrogen-bond acceptors (Lipinski definition) is 4. The molecule has 0 aromatic carbocycles. The maximum absolute atomic E-state index is 12.1. The van der Waals surface area contributed by atoms with Crippen LogP contribution in [-0.2, 0) is 0 Å². The lowest BCUT2D eigenvalue weighted by molar-refractivity contribution is -0.0671. The summed E-state index contributed by atoms with van der Waals surface area (Å²) in [6, 6.07) is 8.02. The molecule has 2 atom stereocenters. The van der Waals surface area contributed by atoms with E-state index in [-0.39, 0.29) is 5.56 Å². The monoisotopic (exact) mass is 272 g/mol. The van der Waals surface area contributed by atoms with Crippen molar-refractivity contribution in [2.75, 3.05) is 0 Å². The van der Waals surface area contributed by atoms with Gasteiger partial charge in [0.15, 0.2) is 0 Å². The van der Waals surface area contributed by atoms with E-state index in [0.717, 1.165) is 0 Å². The highest BCUT2D eigenvalue weighted by molar-refractivity contribution is 5.35. The zero-order chi connectivity index (χ0) is 14.3. The second-order valence-corrected chi connectivity index (χ2v) is 5.44. The van der Waals surface area contributed by atoms with Gasteiger partial charge < -0.3 is 14.4 Å². The zero-order valence-corrected chi connectivity index (χ0v) is 11.4. The van der Waals surface area contributed by atoms with Crippen LogP contribution in [0.15, 0.2) is 47.5 Å². The van der Waals surface area contributed by atoms with Crippen molar-refractivity contribution in [2.45, 2.75) is 31.6 Å². The Morgan fingerprint density at radius 1 is 1.30 bits per heavy atom. The average Bonchev–Trinajstić information content (AvgIpc) is 2.41. The molecule has 0 spiro atoms. The minimum absolute atomic E-state index is 0.163. The summed E-state index contributed by atoms with van der Waals surface area (Å²) >= 11 is 0. The first-order valence-electron chi connectivity index (χ1n) is 6.50. The van der Waals surface area contributed by atoms with Crippen LogP contribution < -0.4 is 10.3 Å². The highest BCUT2D eigenvalue weighted by Gasteiger charge is 2.44. The van der Waals surface area contributed by atoms with E-state index in [1.165, 1.54) is 10.6 Å². The smallest absolute Gasteiger partial charge is 0.251 e. The van der Waals surface area contributed by atoms with Gasteiger partial charge in [-0.1, -0.05) is 6.07 Å². The lowest BCUT2D eigenvalue weighted by Crippen LogP contribution is -2.52. The summed E-state index contributed by atoms with van der Waals surface area (Å²) in [5, 5.41) is 10.6. The average molecular weight is 272 g/mol. The number of aliphatic hydroxyl groups is 1. The van der Waals surface area contributed by atoms with E-state index in [1.54, 1.807) is 44.4 Å². The molecule has 0 radical (unpaired) electrons. The molecule has 2 aromatic rings. The van der Waals surface area contributed by atoms with Crippen molar-refractivity contribution in [1.82, 2.24) is 9.55 Å². The number of nitrogens with zero attached hydrogens (tertiary/aromatic N) is 2. The van der Waals surface area contributed by atoms with E-state index < -0.39 is 17.7 Å². The fraction of sp³-hybridized carbons (Fsp3) is 0.333. The number of aromatic nitrogens is 2. The van der Waals surface area contributed by atoms with Crippen LogP contribution >= 0.6 is 0 Å². The van der Waals surface area contributed by atoms with E-state index in [1.807, 2.05) is 6.07 Å². The summed E-state index contributed by atoms with van der Waals surface area (Å²) in [5.74, 6) is 0.462. The fourth-order valence-corrected chi connectivity index (χ4v) is 2.55. The van der Waals surface area contributed by atoms with Gasteiger partial charge in [-0.3, -0.25) is 4.79 Å². The highest BCUT2D eigenvalue weighted by atomic mass is 16.5. The van der Waals surface area contributed by atoms with Crippen molar-refractivity contribution in [3.63, 3.8) is 0 Å². The minimum atomic E-state index is -0.848. The van der Waals surface area contributed by atoms with Crippen LogP contribution in [0.25, 0.3) is 0 Å². The molecule has 2 aromatic heterocycles. The summed E-state index contributed by atoms with van der Waals surface area (Å²) in [5.41, 5.74) is -0.266. The zero-order valence-electron chi connectivity index (χ0n) is 11.4. The van der Waals surface area contributed by atoms with Crippen LogP contribution in [-0.4, -0.2) is 26.4 Å². The number of fused-ring (bicyclic) bond motifs is 1. The third-order valence-electron chi connectivity index (χ3n) is 3.64. The molecule has 3 heterocycles.